The molecule has 3 aliphatic rings. The lowest BCUT2D eigenvalue weighted by Gasteiger charge is -2.37. The van der Waals surface area contributed by atoms with Gasteiger partial charge in [0.05, 0.1) is 17.8 Å². The maximum absolute atomic E-state index is 6.09. The van der Waals surface area contributed by atoms with Gasteiger partial charge in [-0.3, -0.25) is 4.98 Å². The Morgan fingerprint density at radius 3 is 2.48 bits per heavy atom. The third-order valence-electron chi connectivity index (χ3n) is 7.35. The fraction of sp³-hybridized carbons (Fsp3) is 0.625. The number of anilines is 1. The number of nitrogens with one attached hydrogen (secondary N) is 1. The zero-order chi connectivity index (χ0) is 20.0. The van der Waals surface area contributed by atoms with Crippen molar-refractivity contribution in [3.63, 3.8) is 0 Å². The highest BCUT2D eigenvalue weighted by Gasteiger charge is 2.58. The van der Waals surface area contributed by atoms with Gasteiger partial charge in [0.25, 0.3) is 0 Å². The monoisotopic (exact) mass is 457 g/mol. The Kier molecular flexibility index (Phi) is 5.34. The summed E-state index contributed by atoms with van der Waals surface area (Å²) in [5.41, 5.74) is 3.54. The van der Waals surface area contributed by atoms with Crippen LogP contribution in [-0.2, 0) is 10.3 Å². The van der Waals surface area contributed by atoms with Gasteiger partial charge >= 0.3 is 0 Å². The molecule has 1 aliphatic heterocycles. The van der Waals surface area contributed by atoms with Crippen LogP contribution in [0.1, 0.15) is 57.9 Å². The van der Waals surface area contributed by atoms with E-state index < -0.39 is 0 Å². The van der Waals surface area contributed by atoms with Crippen LogP contribution in [0.25, 0.3) is 10.9 Å². The van der Waals surface area contributed by atoms with Crippen molar-refractivity contribution in [2.24, 2.45) is 5.92 Å². The summed E-state index contributed by atoms with van der Waals surface area (Å²) >= 11 is 3.67. The van der Waals surface area contributed by atoms with Gasteiger partial charge < -0.3 is 15.0 Å². The predicted octanol–water partition coefficient (Wildman–Crippen LogP) is 5.70. The van der Waals surface area contributed by atoms with Crippen molar-refractivity contribution in [3.05, 3.63) is 34.4 Å². The molecule has 1 aromatic heterocycles. The third kappa shape index (κ3) is 3.70. The molecule has 2 aromatic rings. The summed E-state index contributed by atoms with van der Waals surface area (Å²) < 4.78 is 7.20. The van der Waals surface area contributed by atoms with Crippen LogP contribution in [0.4, 0.5) is 5.69 Å². The Morgan fingerprint density at radius 1 is 1.14 bits per heavy atom. The van der Waals surface area contributed by atoms with Gasteiger partial charge in [-0.15, -0.1) is 0 Å². The van der Waals surface area contributed by atoms with Crippen LogP contribution in [0.5, 0.6) is 0 Å². The molecule has 1 atom stereocenters. The first-order valence-electron chi connectivity index (χ1n) is 11.4. The number of hydrogen-bond acceptors (Lipinski definition) is 4. The standard InChI is InChI=1S/C24H32BrN3O/c1-3-28(4-2)19-10-8-18(9-11-19)27-23-20-13-17(25)7-12-22(20)26-14-21(23)24(15-29-24)16-5-6-16/h7,12-14,16,18-19H,3-6,8-11,15H2,1-2H3,(H,26,27). The molecule has 2 saturated carbocycles. The number of epoxide rings is 1. The first kappa shape index (κ1) is 19.8. The average molecular weight is 458 g/mol. The molecule has 1 aromatic carbocycles. The maximum Gasteiger partial charge on any atom is 0.123 e. The number of halogens is 1. The van der Waals surface area contributed by atoms with Crippen molar-refractivity contribution in [1.82, 2.24) is 9.88 Å². The molecule has 2 aliphatic carbocycles. The molecular formula is C24H32BrN3O. The third-order valence-corrected chi connectivity index (χ3v) is 7.85. The Hall–Kier alpha value is -1.17. The van der Waals surface area contributed by atoms with Crippen molar-refractivity contribution < 1.29 is 4.74 Å². The minimum absolute atomic E-state index is 0.0791. The van der Waals surface area contributed by atoms with E-state index in [1.54, 1.807) is 0 Å². The number of pyridine rings is 1. The minimum atomic E-state index is -0.0791. The largest absolute Gasteiger partial charge is 0.381 e. The summed E-state index contributed by atoms with van der Waals surface area (Å²) in [6.45, 7) is 7.74. The number of hydrogen-bond donors (Lipinski definition) is 1. The second kappa shape index (κ2) is 7.82. The van der Waals surface area contributed by atoms with E-state index in [1.807, 2.05) is 0 Å². The molecule has 1 unspecified atom stereocenters. The number of aromatic nitrogens is 1. The molecule has 1 saturated heterocycles. The fourth-order valence-electron chi connectivity index (χ4n) is 5.41. The first-order valence-corrected chi connectivity index (χ1v) is 12.2. The molecule has 3 fully saturated rings. The number of rotatable bonds is 7. The Morgan fingerprint density at radius 2 is 1.86 bits per heavy atom. The number of nitrogens with zero attached hydrogens (tertiary/aromatic N) is 2. The molecule has 0 amide bonds. The van der Waals surface area contributed by atoms with E-state index in [9.17, 15) is 0 Å². The van der Waals surface area contributed by atoms with E-state index in [4.69, 9.17) is 9.72 Å². The van der Waals surface area contributed by atoms with Crippen LogP contribution in [0.3, 0.4) is 0 Å². The summed E-state index contributed by atoms with van der Waals surface area (Å²) in [5, 5.41) is 5.21. The van der Waals surface area contributed by atoms with Gasteiger partial charge in [-0.2, -0.15) is 0 Å². The van der Waals surface area contributed by atoms with Gasteiger partial charge in [-0.1, -0.05) is 29.8 Å². The summed E-state index contributed by atoms with van der Waals surface area (Å²) in [6, 6.07) is 7.69. The highest BCUT2D eigenvalue weighted by Crippen LogP contribution is 2.58. The Labute approximate surface area is 182 Å². The van der Waals surface area contributed by atoms with Crippen LogP contribution in [0, 0.1) is 5.92 Å². The van der Waals surface area contributed by atoms with Crippen molar-refractivity contribution >= 4 is 32.5 Å². The normalized spacial score (nSPS) is 29.4. The van der Waals surface area contributed by atoms with E-state index in [0.29, 0.717) is 12.0 Å². The molecule has 0 bridgehead atoms. The van der Waals surface area contributed by atoms with Crippen molar-refractivity contribution in [1.29, 1.82) is 0 Å². The van der Waals surface area contributed by atoms with Gasteiger partial charge in [0, 0.05) is 33.7 Å². The van der Waals surface area contributed by atoms with Gasteiger partial charge in [0.1, 0.15) is 5.60 Å². The van der Waals surface area contributed by atoms with Gasteiger partial charge in [0.15, 0.2) is 0 Å². The number of benzene rings is 1. The van der Waals surface area contributed by atoms with E-state index in [-0.39, 0.29) is 5.60 Å². The maximum atomic E-state index is 6.09. The summed E-state index contributed by atoms with van der Waals surface area (Å²) in [6.07, 6.45) is 9.68. The van der Waals surface area contributed by atoms with Crippen LogP contribution in [0.2, 0.25) is 0 Å². The van der Waals surface area contributed by atoms with E-state index in [0.717, 1.165) is 35.7 Å². The number of ether oxygens (including phenoxy) is 1. The first-order chi connectivity index (χ1) is 14.1. The zero-order valence-electron chi connectivity index (χ0n) is 17.6. The van der Waals surface area contributed by atoms with Gasteiger partial charge in [0.2, 0.25) is 0 Å². The van der Waals surface area contributed by atoms with Crippen LogP contribution in [-0.4, -0.2) is 41.7 Å². The van der Waals surface area contributed by atoms with Crippen LogP contribution >= 0.6 is 15.9 Å². The van der Waals surface area contributed by atoms with Crippen molar-refractivity contribution in [2.75, 3.05) is 25.0 Å². The summed E-state index contributed by atoms with van der Waals surface area (Å²) in [7, 11) is 0. The molecule has 0 radical (unpaired) electrons. The molecule has 4 nitrogen and oxygen atoms in total. The highest BCUT2D eigenvalue weighted by atomic mass is 79.9. The Balaban J connectivity index is 1.44. The van der Waals surface area contributed by atoms with Crippen molar-refractivity contribution in [2.45, 2.75) is 70.1 Å². The van der Waals surface area contributed by atoms with Crippen LogP contribution < -0.4 is 5.32 Å². The second-order valence-electron chi connectivity index (χ2n) is 9.03. The number of fused-ring (bicyclic) bond motifs is 1. The van der Waals surface area contributed by atoms with Gasteiger partial charge in [-0.05, 0) is 75.7 Å². The van der Waals surface area contributed by atoms with E-state index in [2.05, 4.69) is 64.4 Å². The lowest BCUT2D eigenvalue weighted by atomic mass is 9.88. The summed E-state index contributed by atoms with van der Waals surface area (Å²) in [5.74, 6) is 0.674. The minimum Gasteiger partial charge on any atom is -0.381 e. The zero-order valence-corrected chi connectivity index (χ0v) is 19.2. The van der Waals surface area contributed by atoms with Gasteiger partial charge in [-0.25, -0.2) is 0 Å². The fourth-order valence-corrected chi connectivity index (χ4v) is 5.77. The molecule has 0 spiro atoms. The van der Waals surface area contributed by atoms with Crippen molar-refractivity contribution in [3.8, 4) is 0 Å². The lowest BCUT2D eigenvalue weighted by Crippen LogP contribution is -2.40. The molecule has 2 heterocycles. The molecule has 29 heavy (non-hydrogen) atoms. The molecule has 5 rings (SSSR count). The van der Waals surface area contributed by atoms with E-state index in [1.165, 1.54) is 55.2 Å². The predicted molar refractivity (Wildman–Crippen MR) is 122 cm³/mol. The average Bonchev–Trinajstić information content (AvgIpc) is 3.63. The Bertz CT molecular complexity index is 881. The van der Waals surface area contributed by atoms with E-state index >= 15 is 0 Å². The van der Waals surface area contributed by atoms with Crippen LogP contribution in [0.15, 0.2) is 28.9 Å². The molecule has 5 heteroatoms. The highest BCUT2D eigenvalue weighted by molar-refractivity contribution is 9.10. The SMILES string of the molecule is CCN(CC)C1CCC(Nc2c(C3(C4CC4)CO3)cnc3ccc(Br)cc23)CC1. The summed E-state index contributed by atoms with van der Waals surface area (Å²) in [4.78, 5) is 7.43. The lowest BCUT2D eigenvalue weighted by molar-refractivity contribution is 0.167. The quantitative estimate of drug-likeness (QED) is 0.541. The molecular weight excluding hydrogens is 426 g/mol. The molecule has 1 N–H and O–H groups in total. The topological polar surface area (TPSA) is 40.7 Å². The molecule has 156 valence electrons. The second-order valence-corrected chi connectivity index (χ2v) is 9.95. The smallest absolute Gasteiger partial charge is 0.123 e.